The van der Waals surface area contributed by atoms with Gasteiger partial charge in [-0.3, -0.25) is 9.59 Å². The SMILES string of the molecule is CC(=NNC(=O)CCC(=O)Nc1ccc(C)c(C)c1)C(C)(C)C. The van der Waals surface area contributed by atoms with Crippen LogP contribution in [0.5, 0.6) is 0 Å². The summed E-state index contributed by atoms with van der Waals surface area (Å²) in [5.41, 5.74) is 6.29. The summed E-state index contributed by atoms with van der Waals surface area (Å²) in [4.78, 5) is 23.6. The van der Waals surface area contributed by atoms with Gasteiger partial charge in [0.2, 0.25) is 11.8 Å². The molecule has 5 heteroatoms. The zero-order valence-corrected chi connectivity index (χ0v) is 14.9. The molecule has 2 amide bonds. The molecule has 0 aliphatic rings. The number of amides is 2. The van der Waals surface area contributed by atoms with Crippen LogP contribution in [0.1, 0.15) is 51.7 Å². The normalized spacial score (nSPS) is 12.0. The molecule has 0 bridgehead atoms. The Balaban J connectivity index is 2.44. The number of nitrogens with zero attached hydrogens (tertiary/aromatic N) is 1. The number of hydrogen-bond donors (Lipinski definition) is 2. The van der Waals surface area contributed by atoms with E-state index in [1.165, 1.54) is 5.56 Å². The fourth-order valence-electron chi connectivity index (χ4n) is 1.64. The van der Waals surface area contributed by atoms with E-state index in [4.69, 9.17) is 0 Å². The van der Waals surface area contributed by atoms with Gasteiger partial charge in [0.25, 0.3) is 0 Å². The van der Waals surface area contributed by atoms with Gasteiger partial charge >= 0.3 is 0 Å². The highest BCUT2D eigenvalue weighted by Gasteiger charge is 2.15. The van der Waals surface area contributed by atoms with Crippen LogP contribution in [0.3, 0.4) is 0 Å². The first-order valence-electron chi connectivity index (χ1n) is 7.80. The van der Waals surface area contributed by atoms with Gasteiger partial charge in [0.15, 0.2) is 0 Å². The first-order chi connectivity index (χ1) is 10.6. The molecule has 1 aromatic carbocycles. The standard InChI is InChI=1S/C18H27N3O2/c1-12-7-8-15(11-13(12)2)19-16(22)9-10-17(23)21-20-14(3)18(4,5)6/h7-8,11H,9-10H2,1-6H3,(H,19,22)(H,21,23). The van der Waals surface area contributed by atoms with Crippen molar-refractivity contribution in [1.82, 2.24) is 5.43 Å². The second-order valence-electron chi connectivity index (χ2n) is 6.83. The third kappa shape index (κ3) is 6.63. The Morgan fingerprint density at radius 1 is 1.04 bits per heavy atom. The van der Waals surface area contributed by atoms with E-state index in [1.807, 2.05) is 59.7 Å². The second kappa shape index (κ2) is 7.90. The van der Waals surface area contributed by atoms with E-state index in [2.05, 4.69) is 15.8 Å². The van der Waals surface area contributed by atoms with E-state index >= 15 is 0 Å². The highest BCUT2D eigenvalue weighted by molar-refractivity contribution is 5.93. The molecule has 126 valence electrons. The highest BCUT2D eigenvalue weighted by atomic mass is 16.2. The molecule has 2 N–H and O–H groups in total. The minimum Gasteiger partial charge on any atom is -0.326 e. The van der Waals surface area contributed by atoms with Crippen LogP contribution < -0.4 is 10.7 Å². The lowest BCUT2D eigenvalue weighted by Gasteiger charge is -2.17. The fourth-order valence-corrected chi connectivity index (χ4v) is 1.64. The Labute approximate surface area is 138 Å². The molecule has 0 aliphatic heterocycles. The van der Waals surface area contributed by atoms with Crippen LogP contribution in [0.2, 0.25) is 0 Å². The van der Waals surface area contributed by atoms with Crippen molar-refractivity contribution in [3.8, 4) is 0 Å². The summed E-state index contributed by atoms with van der Waals surface area (Å²) >= 11 is 0. The maximum atomic E-state index is 11.9. The number of rotatable bonds is 5. The molecule has 0 aromatic heterocycles. The Morgan fingerprint density at radius 2 is 1.65 bits per heavy atom. The number of benzene rings is 1. The summed E-state index contributed by atoms with van der Waals surface area (Å²) in [5, 5.41) is 6.86. The summed E-state index contributed by atoms with van der Waals surface area (Å²) in [6.07, 6.45) is 0.237. The lowest BCUT2D eigenvalue weighted by Crippen LogP contribution is -2.25. The number of hydrazone groups is 1. The molecule has 0 saturated heterocycles. The van der Waals surface area contributed by atoms with Gasteiger partial charge in [-0.1, -0.05) is 26.8 Å². The smallest absolute Gasteiger partial charge is 0.240 e. The number of carbonyl (C=O) groups is 2. The number of hydrogen-bond acceptors (Lipinski definition) is 3. The van der Waals surface area contributed by atoms with Crippen molar-refractivity contribution in [3.63, 3.8) is 0 Å². The molecule has 0 radical (unpaired) electrons. The Bertz CT molecular complexity index is 613. The third-order valence-corrected chi connectivity index (χ3v) is 3.80. The van der Waals surface area contributed by atoms with Gasteiger partial charge in [0.1, 0.15) is 0 Å². The van der Waals surface area contributed by atoms with E-state index in [0.717, 1.165) is 17.0 Å². The molecule has 0 aliphatic carbocycles. The molecule has 0 fully saturated rings. The van der Waals surface area contributed by atoms with Gasteiger partial charge in [-0.2, -0.15) is 5.10 Å². The molecule has 23 heavy (non-hydrogen) atoms. The zero-order chi connectivity index (χ0) is 17.6. The summed E-state index contributed by atoms with van der Waals surface area (Å²) in [6.45, 7) is 11.9. The first-order valence-corrected chi connectivity index (χ1v) is 7.80. The molecule has 0 saturated carbocycles. The van der Waals surface area contributed by atoms with Crippen molar-refractivity contribution in [3.05, 3.63) is 29.3 Å². The van der Waals surface area contributed by atoms with Crippen molar-refractivity contribution in [1.29, 1.82) is 0 Å². The quantitative estimate of drug-likeness (QED) is 0.644. The van der Waals surface area contributed by atoms with Gasteiger partial charge in [-0.05, 0) is 44.0 Å². The summed E-state index contributed by atoms with van der Waals surface area (Å²) < 4.78 is 0. The fraction of sp³-hybridized carbons (Fsp3) is 0.500. The van der Waals surface area contributed by atoms with Crippen molar-refractivity contribution < 1.29 is 9.59 Å². The van der Waals surface area contributed by atoms with Gasteiger partial charge < -0.3 is 5.32 Å². The molecule has 1 rings (SSSR count). The average molecular weight is 317 g/mol. The number of nitrogens with one attached hydrogen (secondary N) is 2. The van der Waals surface area contributed by atoms with E-state index in [9.17, 15) is 9.59 Å². The molecule has 1 aromatic rings. The topological polar surface area (TPSA) is 70.6 Å². The van der Waals surface area contributed by atoms with Crippen LogP contribution in [-0.4, -0.2) is 17.5 Å². The minimum absolute atomic E-state index is 0.0893. The molecular formula is C18H27N3O2. The van der Waals surface area contributed by atoms with Crippen molar-refractivity contribution >= 4 is 23.2 Å². The van der Waals surface area contributed by atoms with E-state index in [1.54, 1.807) is 0 Å². The summed E-state index contributed by atoms with van der Waals surface area (Å²) in [5.74, 6) is -0.441. The van der Waals surface area contributed by atoms with Crippen LogP contribution in [0.4, 0.5) is 5.69 Å². The van der Waals surface area contributed by atoms with Gasteiger partial charge in [-0.15, -0.1) is 0 Å². The van der Waals surface area contributed by atoms with Crippen LogP contribution >= 0.6 is 0 Å². The molecule has 0 atom stereocenters. The monoisotopic (exact) mass is 317 g/mol. The summed E-state index contributed by atoms with van der Waals surface area (Å²) in [7, 11) is 0. The molecule has 5 nitrogen and oxygen atoms in total. The first kappa shape index (κ1) is 18.9. The third-order valence-electron chi connectivity index (χ3n) is 3.80. The number of carbonyl (C=O) groups excluding carboxylic acids is 2. The predicted molar refractivity (Wildman–Crippen MR) is 94.5 cm³/mol. The Morgan fingerprint density at radius 3 is 2.22 bits per heavy atom. The van der Waals surface area contributed by atoms with Crippen molar-refractivity contribution in [2.75, 3.05) is 5.32 Å². The van der Waals surface area contributed by atoms with Crippen LogP contribution in [0.15, 0.2) is 23.3 Å². The summed E-state index contributed by atoms with van der Waals surface area (Å²) in [6, 6.07) is 5.74. The molecular weight excluding hydrogens is 290 g/mol. The maximum Gasteiger partial charge on any atom is 0.240 e. The highest BCUT2D eigenvalue weighted by Crippen LogP contribution is 2.15. The maximum absolute atomic E-state index is 11.9. The van der Waals surface area contributed by atoms with E-state index in [-0.39, 0.29) is 30.1 Å². The zero-order valence-electron chi connectivity index (χ0n) is 14.9. The van der Waals surface area contributed by atoms with Crippen LogP contribution in [0, 0.1) is 19.3 Å². The lowest BCUT2D eigenvalue weighted by molar-refractivity contribution is -0.124. The number of aryl methyl sites for hydroxylation is 2. The largest absolute Gasteiger partial charge is 0.326 e. The van der Waals surface area contributed by atoms with Crippen LogP contribution in [-0.2, 0) is 9.59 Å². The second-order valence-corrected chi connectivity index (χ2v) is 6.83. The van der Waals surface area contributed by atoms with Gasteiger partial charge in [0.05, 0.1) is 0 Å². The van der Waals surface area contributed by atoms with E-state index < -0.39 is 0 Å². The lowest BCUT2D eigenvalue weighted by atomic mass is 9.91. The van der Waals surface area contributed by atoms with Gasteiger partial charge in [0, 0.05) is 29.7 Å². The molecule has 0 unspecified atom stereocenters. The van der Waals surface area contributed by atoms with Crippen molar-refractivity contribution in [2.24, 2.45) is 10.5 Å². The van der Waals surface area contributed by atoms with Crippen LogP contribution in [0.25, 0.3) is 0 Å². The van der Waals surface area contributed by atoms with Gasteiger partial charge in [-0.25, -0.2) is 5.43 Å². The Hall–Kier alpha value is -2.17. The number of anilines is 1. The van der Waals surface area contributed by atoms with Crippen molar-refractivity contribution in [2.45, 2.75) is 54.4 Å². The average Bonchev–Trinajstić information content (AvgIpc) is 2.45. The Kier molecular flexibility index (Phi) is 6.49. The molecule has 0 spiro atoms. The molecule has 0 heterocycles. The minimum atomic E-state index is -0.260. The van der Waals surface area contributed by atoms with E-state index in [0.29, 0.717) is 0 Å². The predicted octanol–water partition coefficient (Wildman–Crippen LogP) is 3.56.